The second-order valence-electron chi connectivity index (χ2n) is 4.28. The third kappa shape index (κ3) is 2.79. The van der Waals surface area contributed by atoms with Gasteiger partial charge in [0.15, 0.2) is 18.2 Å². The zero-order valence-electron chi connectivity index (χ0n) is 10.0. The maximum absolute atomic E-state index is 13.3. The first kappa shape index (κ1) is 12.8. The van der Waals surface area contributed by atoms with E-state index in [1.54, 1.807) is 17.0 Å². The van der Waals surface area contributed by atoms with Gasteiger partial charge in [-0.1, -0.05) is 12.1 Å². The molecule has 0 aromatic heterocycles. The lowest BCUT2D eigenvalue weighted by Gasteiger charge is -2.22. The highest BCUT2D eigenvalue weighted by atomic mass is 19.1. The molecule has 1 unspecified atom stereocenters. The molecule has 1 N–H and O–H groups in total. The number of hydrogen-bond acceptors (Lipinski definition) is 3. The summed E-state index contributed by atoms with van der Waals surface area (Å²) in [7, 11) is 0. The fourth-order valence-electron chi connectivity index (χ4n) is 2.14. The average molecular weight is 253 g/mol. The van der Waals surface area contributed by atoms with Crippen LogP contribution in [-0.4, -0.2) is 41.7 Å². The number of rotatable bonds is 4. The van der Waals surface area contributed by atoms with Crippen LogP contribution in [-0.2, 0) is 4.79 Å². The van der Waals surface area contributed by atoms with Gasteiger partial charge in [-0.2, -0.15) is 0 Å². The molecule has 1 aliphatic rings. The number of para-hydroxylation sites is 1. The summed E-state index contributed by atoms with van der Waals surface area (Å²) >= 11 is 0. The smallest absolute Gasteiger partial charge is 0.260 e. The minimum atomic E-state index is -0.481. The molecular formula is C13H16FNO3. The van der Waals surface area contributed by atoms with Gasteiger partial charge in [-0.05, 0) is 25.0 Å². The van der Waals surface area contributed by atoms with Crippen molar-refractivity contribution in [3.8, 4) is 5.75 Å². The Morgan fingerprint density at radius 2 is 2.28 bits per heavy atom. The Morgan fingerprint density at radius 3 is 3.00 bits per heavy atom. The number of benzene rings is 1. The minimum absolute atomic E-state index is 0.0363. The summed E-state index contributed by atoms with van der Waals surface area (Å²) in [5, 5.41) is 9.12. The predicted octanol–water partition coefficient (Wildman–Crippen LogP) is 1.19. The Bertz CT molecular complexity index is 424. The second kappa shape index (κ2) is 5.82. The molecule has 2 rings (SSSR count). The quantitative estimate of drug-likeness (QED) is 0.876. The molecule has 1 atom stereocenters. The van der Waals surface area contributed by atoms with E-state index in [-0.39, 0.29) is 30.9 Å². The van der Waals surface area contributed by atoms with Crippen molar-refractivity contribution < 1.29 is 19.0 Å². The fourth-order valence-corrected chi connectivity index (χ4v) is 2.14. The molecule has 4 nitrogen and oxygen atoms in total. The zero-order chi connectivity index (χ0) is 13.0. The molecule has 5 heteroatoms. The maximum Gasteiger partial charge on any atom is 0.260 e. The SMILES string of the molecule is O=C(COc1ccccc1F)N1CCCC1CO. The van der Waals surface area contributed by atoms with E-state index in [2.05, 4.69) is 0 Å². The molecule has 0 saturated carbocycles. The van der Waals surface area contributed by atoms with Gasteiger partial charge in [0.2, 0.25) is 0 Å². The summed E-state index contributed by atoms with van der Waals surface area (Å²) in [4.78, 5) is 13.5. The average Bonchev–Trinajstić information content (AvgIpc) is 2.86. The van der Waals surface area contributed by atoms with E-state index in [0.717, 1.165) is 12.8 Å². The molecule has 18 heavy (non-hydrogen) atoms. The standard InChI is InChI=1S/C13H16FNO3/c14-11-5-1-2-6-12(11)18-9-13(17)15-7-3-4-10(15)8-16/h1-2,5-6,10,16H,3-4,7-9H2. The van der Waals surface area contributed by atoms with E-state index in [4.69, 9.17) is 9.84 Å². The number of halogens is 1. The van der Waals surface area contributed by atoms with E-state index in [0.29, 0.717) is 6.54 Å². The van der Waals surface area contributed by atoms with Gasteiger partial charge in [0, 0.05) is 6.54 Å². The highest BCUT2D eigenvalue weighted by Gasteiger charge is 2.28. The molecule has 0 bridgehead atoms. The van der Waals surface area contributed by atoms with E-state index in [1.807, 2.05) is 0 Å². The second-order valence-corrected chi connectivity index (χ2v) is 4.28. The monoisotopic (exact) mass is 253 g/mol. The Morgan fingerprint density at radius 1 is 1.50 bits per heavy atom. The zero-order valence-corrected chi connectivity index (χ0v) is 10.0. The lowest BCUT2D eigenvalue weighted by atomic mass is 10.2. The van der Waals surface area contributed by atoms with E-state index in [9.17, 15) is 9.18 Å². The number of carbonyl (C=O) groups is 1. The number of amides is 1. The van der Waals surface area contributed by atoms with Crippen molar-refractivity contribution in [1.29, 1.82) is 0 Å². The summed E-state index contributed by atoms with van der Waals surface area (Å²) in [6.07, 6.45) is 1.69. The molecule has 0 radical (unpaired) electrons. The molecule has 1 amide bonds. The van der Waals surface area contributed by atoms with Gasteiger partial charge < -0.3 is 14.7 Å². The summed E-state index contributed by atoms with van der Waals surface area (Å²) in [6.45, 7) is 0.396. The first-order valence-electron chi connectivity index (χ1n) is 6.00. The highest BCUT2D eigenvalue weighted by Crippen LogP contribution is 2.18. The van der Waals surface area contributed by atoms with Crippen LogP contribution in [0.25, 0.3) is 0 Å². The van der Waals surface area contributed by atoms with Crippen LogP contribution in [0.2, 0.25) is 0 Å². The molecule has 1 heterocycles. The Kier molecular flexibility index (Phi) is 4.15. The summed E-state index contributed by atoms with van der Waals surface area (Å²) in [5.41, 5.74) is 0. The van der Waals surface area contributed by atoms with Crippen LogP contribution < -0.4 is 4.74 Å². The first-order chi connectivity index (χ1) is 8.72. The minimum Gasteiger partial charge on any atom is -0.481 e. The van der Waals surface area contributed by atoms with Gasteiger partial charge in [-0.25, -0.2) is 4.39 Å². The topological polar surface area (TPSA) is 49.8 Å². The number of aliphatic hydroxyl groups excluding tert-OH is 1. The first-order valence-corrected chi connectivity index (χ1v) is 6.00. The number of hydrogen-bond donors (Lipinski definition) is 1. The van der Waals surface area contributed by atoms with Crippen LogP contribution in [0.1, 0.15) is 12.8 Å². The molecule has 1 fully saturated rings. The van der Waals surface area contributed by atoms with Gasteiger partial charge in [-0.15, -0.1) is 0 Å². The lowest BCUT2D eigenvalue weighted by molar-refractivity contribution is -0.134. The number of nitrogens with zero attached hydrogens (tertiary/aromatic N) is 1. The van der Waals surface area contributed by atoms with Crippen molar-refractivity contribution in [3.05, 3.63) is 30.1 Å². The molecule has 0 aliphatic carbocycles. The summed E-state index contributed by atoms with van der Waals surface area (Å²) in [6, 6.07) is 5.85. The van der Waals surface area contributed by atoms with Crippen molar-refractivity contribution >= 4 is 5.91 Å². The van der Waals surface area contributed by atoms with Crippen LogP contribution in [0, 0.1) is 5.82 Å². The van der Waals surface area contributed by atoms with Crippen LogP contribution in [0.4, 0.5) is 4.39 Å². The van der Waals surface area contributed by atoms with Crippen molar-refractivity contribution in [2.24, 2.45) is 0 Å². The maximum atomic E-state index is 13.3. The molecule has 0 spiro atoms. The largest absolute Gasteiger partial charge is 0.481 e. The van der Waals surface area contributed by atoms with Crippen LogP contribution in [0.15, 0.2) is 24.3 Å². The Labute approximate surface area is 105 Å². The fraction of sp³-hybridized carbons (Fsp3) is 0.462. The van der Waals surface area contributed by atoms with Crippen LogP contribution in [0.5, 0.6) is 5.75 Å². The normalized spacial score (nSPS) is 19.0. The van der Waals surface area contributed by atoms with Gasteiger partial charge in [0.1, 0.15) is 0 Å². The number of likely N-dealkylation sites (tertiary alicyclic amines) is 1. The molecule has 1 saturated heterocycles. The number of ether oxygens (including phenoxy) is 1. The van der Waals surface area contributed by atoms with Gasteiger partial charge >= 0.3 is 0 Å². The molecule has 98 valence electrons. The predicted molar refractivity (Wildman–Crippen MR) is 63.7 cm³/mol. The van der Waals surface area contributed by atoms with Crippen molar-refractivity contribution in [2.45, 2.75) is 18.9 Å². The van der Waals surface area contributed by atoms with Crippen LogP contribution >= 0.6 is 0 Å². The Hall–Kier alpha value is -1.62. The molecule has 1 aromatic carbocycles. The van der Waals surface area contributed by atoms with Crippen molar-refractivity contribution in [1.82, 2.24) is 4.90 Å². The van der Waals surface area contributed by atoms with E-state index in [1.165, 1.54) is 12.1 Å². The highest BCUT2D eigenvalue weighted by molar-refractivity contribution is 5.78. The number of carbonyl (C=O) groups excluding carboxylic acids is 1. The van der Waals surface area contributed by atoms with E-state index < -0.39 is 5.82 Å². The van der Waals surface area contributed by atoms with Gasteiger partial charge in [0.25, 0.3) is 5.91 Å². The van der Waals surface area contributed by atoms with Gasteiger partial charge in [-0.3, -0.25) is 4.79 Å². The van der Waals surface area contributed by atoms with E-state index >= 15 is 0 Å². The van der Waals surface area contributed by atoms with Crippen LogP contribution in [0.3, 0.4) is 0 Å². The lowest BCUT2D eigenvalue weighted by Crippen LogP contribution is -2.40. The van der Waals surface area contributed by atoms with Crippen molar-refractivity contribution in [3.63, 3.8) is 0 Å². The summed E-state index contributed by atoms with van der Waals surface area (Å²) in [5.74, 6) is -0.620. The third-order valence-corrected chi connectivity index (χ3v) is 3.10. The molecular weight excluding hydrogens is 237 g/mol. The molecule has 1 aliphatic heterocycles. The molecule has 1 aromatic rings. The van der Waals surface area contributed by atoms with Crippen molar-refractivity contribution in [2.75, 3.05) is 19.8 Å². The number of aliphatic hydroxyl groups is 1. The third-order valence-electron chi connectivity index (χ3n) is 3.10. The van der Waals surface area contributed by atoms with Gasteiger partial charge in [0.05, 0.1) is 12.6 Å². The Balaban J connectivity index is 1.90. The summed E-state index contributed by atoms with van der Waals surface area (Å²) < 4.78 is 18.4.